The van der Waals surface area contributed by atoms with Crippen molar-refractivity contribution in [3.8, 4) is 10.7 Å². The van der Waals surface area contributed by atoms with E-state index in [1.165, 1.54) is 0 Å². The highest BCUT2D eigenvalue weighted by Gasteiger charge is 2.17. The van der Waals surface area contributed by atoms with E-state index in [-0.39, 0.29) is 18.0 Å². The minimum absolute atomic E-state index is 0.229. The minimum Gasteiger partial charge on any atom is -0.368 e. The van der Waals surface area contributed by atoms with Gasteiger partial charge in [0.15, 0.2) is 0 Å². The van der Waals surface area contributed by atoms with E-state index in [4.69, 9.17) is 5.73 Å². The molecule has 0 aliphatic carbocycles. The van der Waals surface area contributed by atoms with E-state index in [1.54, 1.807) is 17.5 Å². The molecule has 0 aromatic carbocycles. The first kappa shape index (κ1) is 14.7. The lowest BCUT2D eigenvalue weighted by atomic mass is 10.1. The van der Waals surface area contributed by atoms with Gasteiger partial charge in [-0.2, -0.15) is 0 Å². The lowest BCUT2D eigenvalue weighted by Crippen LogP contribution is -2.45. The van der Waals surface area contributed by atoms with E-state index >= 15 is 0 Å². The van der Waals surface area contributed by atoms with Crippen LogP contribution in [0.5, 0.6) is 0 Å². The number of rotatable bonds is 7. The molecule has 5 nitrogen and oxygen atoms in total. The van der Waals surface area contributed by atoms with Gasteiger partial charge < -0.3 is 15.6 Å². The largest absolute Gasteiger partial charge is 0.368 e. The van der Waals surface area contributed by atoms with Gasteiger partial charge in [-0.3, -0.25) is 4.79 Å². The maximum Gasteiger partial charge on any atom is 0.234 e. The van der Waals surface area contributed by atoms with Gasteiger partial charge in [0, 0.05) is 25.0 Å². The Labute approximate surface area is 122 Å². The van der Waals surface area contributed by atoms with Gasteiger partial charge in [0.1, 0.15) is 5.82 Å². The molecule has 2 rings (SSSR count). The topological polar surface area (TPSA) is 72.9 Å². The molecule has 3 N–H and O–H groups in total. The van der Waals surface area contributed by atoms with Crippen LogP contribution in [0.2, 0.25) is 0 Å². The molecular formula is C14H20N4OS. The molecular weight excluding hydrogens is 272 g/mol. The summed E-state index contributed by atoms with van der Waals surface area (Å²) >= 11 is 1.66. The van der Waals surface area contributed by atoms with Crippen LogP contribution in [0.15, 0.2) is 29.9 Å². The first-order chi connectivity index (χ1) is 9.58. The van der Waals surface area contributed by atoms with Gasteiger partial charge in [-0.15, -0.1) is 11.3 Å². The Morgan fingerprint density at radius 2 is 2.35 bits per heavy atom. The molecule has 0 spiro atoms. The molecule has 2 aromatic heterocycles. The van der Waals surface area contributed by atoms with E-state index in [0.717, 1.165) is 10.7 Å². The van der Waals surface area contributed by atoms with Crippen molar-refractivity contribution in [2.45, 2.75) is 38.9 Å². The Hall–Kier alpha value is -1.66. The number of amides is 1. The van der Waals surface area contributed by atoms with Gasteiger partial charge in [-0.1, -0.05) is 19.9 Å². The van der Waals surface area contributed by atoms with Crippen molar-refractivity contribution >= 4 is 17.2 Å². The van der Waals surface area contributed by atoms with Crippen LogP contribution in [-0.2, 0) is 11.3 Å². The first-order valence-electron chi connectivity index (χ1n) is 6.68. The van der Waals surface area contributed by atoms with E-state index in [2.05, 4.69) is 14.9 Å². The monoisotopic (exact) mass is 292 g/mol. The van der Waals surface area contributed by atoms with Gasteiger partial charge in [-0.25, -0.2) is 4.98 Å². The zero-order valence-electron chi connectivity index (χ0n) is 11.7. The average molecular weight is 292 g/mol. The van der Waals surface area contributed by atoms with E-state index in [9.17, 15) is 4.79 Å². The molecule has 1 unspecified atom stereocenters. The summed E-state index contributed by atoms with van der Waals surface area (Å²) in [5, 5.41) is 5.22. The summed E-state index contributed by atoms with van der Waals surface area (Å²) in [5.74, 6) is 0.629. The summed E-state index contributed by atoms with van der Waals surface area (Å²) in [4.78, 5) is 17.0. The number of aryl methyl sites for hydroxylation is 1. The number of nitrogens with two attached hydrogens (primary N) is 1. The quantitative estimate of drug-likeness (QED) is 0.818. The standard InChI is InChI=1S/C14H20N4OS/c1-10(2)17-11(13(15)19)5-7-18-8-6-16-14(18)12-4-3-9-20-12/h3-4,6,8-11,17H,5,7H2,1-2H3,(H2,15,19). The lowest BCUT2D eigenvalue weighted by Gasteiger charge is -2.18. The Morgan fingerprint density at radius 3 is 2.95 bits per heavy atom. The van der Waals surface area contributed by atoms with E-state index in [0.29, 0.717) is 13.0 Å². The van der Waals surface area contributed by atoms with Crippen LogP contribution in [-0.4, -0.2) is 27.5 Å². The third kappa shape index (κ3) is 3.68. The number of carbonyl (C=O) groups is 1. The van der Waals surface area contributed by atoms with Crippen LogP contribution in [0.3, 0.4) is 0 Å². The maximum absolute atomic E-state index is 11.4. The molecule has 20 heavy (non-hydrogen) atoms. The van der Waals surface area contributed by atoms with Crippen LogP contribution in [0.25, 0.3) is 10.7 Å². The van der Waals surface area contributed by atoms with Gasteiger partial charge in [0.25, 0.3) is 0 Å². The van der Waals surface area contributed by atoms with Crippen LogP contribution >= 0.6 is 11.3 Å². The molecule has 1 amide bonds. The van der Waals surface area contributed by atoms with Crippen molar-refractivity contribution in [1.29, 1.82) is 0 Å². The molecule has 2 aromatic rings. The molecule has 0 radical (unpaired) electrons. The van der Waals surface area contributed by atoms with Crippen molar-refractivity contribution in [2.75, 3.05) is 0 Å². The summed E-state index contributed by atoms with van der Waals surface area (Å²) in [6.07, 6.45) is 4.37. The Kier molecular flexibility index (Phi) is 4.92. The maximum atomic E-state index is 11.4. The highest BCUT2D eigenvalue weighted by molar-refractivity contribution is 7.13. The molecule has 0 saturated carbocycles. The molecule has 1 atom stereocenters. The molecule has 0 aliphatic heterocycles. The Bertz CT molecular complexity index is 547. The molecule has 0 fully saturated rings. The SMILES string of the molecule is CC(C)NC(CCn1ccnc1-c1cccs1)C(N)=O. The molecule has 6 heteroatoms. The smallest absolute Gasteiger partial charge is 0.234 e. The van der Waals surface area contributed by atoms with Crippen molar-refractivity contribution in [3.63, 3.8) is 0 Å². The Morgan fingerprint density at radius 1 is 1.55 bits per heavy atom. The predicted molar refractivity (Wildman–Crippen MR) is 81.4 cm³/mol. The van der Waals surface area contributed by atoms with Crippen LogP contribution in [0, 0.1) is 0 Å². The van der Waals surface area contributed by atoms with E-state index < -0.39 is 0 Å². The summed E-state index contributed by atoms with van der Waals surface area (Å²) in [6, 6.07) is 3.97. The third-order valence-electron chi connectivity index (χ3n) is 2.99. The van der Waals surface area contributed by atoms with Crippen LogP contribution < -0.4 is 11.1 Å². The van der Waals surface area contributed by atoms with Crippen molar-refractivity contribution in [3.05, 3.63) is 29.9 Å². The second-order valence-corrected chi connectivity index (χ2v) is 5.93. The van der Waals surface area contributed by atoms with E-state index in [1.807, 2.05) is 37.6 Å². The number of nitrogens with zero attached hydrogens (tertiary/aromatic N) is 2. The fourth-order valence-electron chi connectivity index (χ4n) is 2.10. The minimum atomic E-state index is -0.311. The summed E-state index contributed by atoms with van der Waals surface area (Å²) in [5.41, 5.74) is 5.43. The zero-order valence-corrected chi connectivity index (χ0v) is 12.6. The van der Waals surface area contributed by atoms with Crippen molar-refractivity contribution in [1.82, 2.24) is 14.9 Å². The average Bonchev–Trinajstić information content (AvgIpc) is 3.03. The van der Waals surface area contributed by atoms with Crippen LogP contribution in [0.4, 0.5) is 0 Å². The van der Waals surface area contributed by atoms with Gasteiger partial charge in [0.2, 0.25) is 5.91 Å². The van der Waals surface area contributed by atoms with Gasteiger partial charge in [0.05, 0.1) is 10.9 Å². The molecule has 0 saturated heterocycles. The normalized spacial score (nSPS) is 12.8. The number of hydrogen-bond donors (Lipinski definition) is 2. The van der Waals surface area contributed by atoms with Crippen LogP contribution in [0.1, 0.15) is 20.3 Å². The summed E-state index contributed by atoms with van der Waals surface area (Å²) < 4.78 is 2.06. The first-order valence-corrected chi connectivity index (χ1v) is 7.56. The summed E-state index contributed by atoms with van der Waals surface area (Å²) in [6.45, 7) is 4.72. The highest BCUT2D eigenvalue weighted by atomic mass is 32.1. The number of aromatic nitrogens is 2. The van der Waals surface area contributed by atoms with Gasteiger partial charge in [-0.05, 0) is 17.9 Å². The van der Waals surface area contributed by atoms with Crippen molar-refractivity contribution in [2.24, 2.45) is 5.73 Å². The number of thiophene rings is 1. The van der Waals surface area contributed by atoms with Crippen molar-refractivity contribution < 1.29 is 4.79 Å². The second kappa shape index (κ2) is 6.67. The Balaban J connectivity index is 2.04. The third-order valence-corrected chi connectivity index (χ3v) is 3.86. The summed E-state index contributed by atoms with van der Waals surface area (Å²) in [7, 11) is 0. The molecule has 108 valence electrons. The molecule has 2 heterocycles. The number of carbonyl (C=O) groups excluding carboxylic acids is 1. The predicted octanol–water partition coefficient (Wildman–Crippen LogP) is 1.85. The fourth-order valence-corrected chi connectivity index (χ4v) is 2.84. The molecule has 0 bridgehead atoms. The zero-order chi connectivity index (χ0) is 14.5. The molecule has 0 aliphatic rings. The lowest BCUT2D eigenvalue weighted by molar-refractivity contribution is -0.120. The number of nitrogens with one attached hydrogen (secondary N) is 1. The second-order valence-electron chi connectivity index (χ2n) is 4.99. The highest BCUT2D eigenvalue weighted by Crippen LogP contribution is 2.23. The van der Waals surface area contributed by atoms with Gasteiger partial charge >= 0.3 is 0 Å². The number of primary amides is 1. The number of hydrogen-bond acceptors (Lipinski definition) is 4. The fraction of sp³-hybridized carbons (Fsp3) is 0.429. The number of imidazole rings is 1.